The van der Waals surface area contributed by atoms with Gasteiger partial charge >= 0.3 is 6.16 Å². The molecule has 1 aromatic heterocycles. The van der Waals surface area contributed by atoms with Crippen LogP contribution in [0, 0.1) is 0 Å². The summed E-state index contributed by atoms with van der Waals surface area (Å²) >= 11 is 12.9. The second-order valence-corrected chi connectivity index (χ2v) is 8.37. The Hall–Kier alpha value is -3.48. The Morgan fingerprint density at radius 3 is 2.69 bits per heavy atom. The highest BCUT2D eigenvalue weighted by atomic mass is 35.5. The number of aromatic nitrogens is 2. The molecule has 1 amide bonds. The smallest absolute Gasteiger partial charge is 0.493 e. The summed E-state index contributed by atoms with van der Waals surface area (Å²) in [6.45, 7) is 1.85. The number of nitrogens with one attached hydrogen (secondary N) is 1. The molecule has 0 aliphatic rings. The van der Waals surface area contributed by atoms with Gasteiger partial charge in [-0.2, -0.15) is 5.10 Å². The van der Waals surface area contributed by atoms with Crippen LogP contribution in [0.5, 0.6) is 17.2 Å². The van der Waals surface area contributed by atoms with E-state index in [1.807, 2.05) is 0 Å². The Morgan fingerprint density at radius 1 is 1.14 bits per heavy atom. The van der Waals surface area contributed by atoms with E-state index in [4.69, 9.17) is 46.6 Å². The maximum Gasteiger partial charge on any atom is 0.513 e. The fourth-order valence-electron chi connectivity index (χ4n) is 2.51. The summed E-state index contributed by atoms with van der Waals surface area (Å²) in [6, 6.07) is 9.56. The van der Waals surface area contributed by atoms with E-state index in [-0.39, 0.29) is 35.8 Å². The zero-order valence-electron chi connectivity index (χ0n) is 19.0. The molecular formula is C22H20Cl2N4O7S. The lowest BCUT2D eigenvalue weighted by atomic mass is 10.2. The quantitative estimate of drug-likeness (QED) is 0.116. The summed E-state index contributed by atoms with van der Waals surface area (Å²) in [4.78, 5) is 23.6. The number of carbonyl (C=O) groups is 2. The highest BCUT2D eigenvalue weighted by molar-refractivity contribution is 7.99. The first kappa shape index (κ1) is 27.1. The predicted molar refractivity (Wildman–Crippen MR) is 132 cm³/mol. The Labute approximate surface area is 220 Å². The monoisotopic (exact) mass is 554 g/mol. The highest BCUT2D eigenvalue weighted by Crippen LogP contribution is 2.29. The van der Waals surface area contributed by atoms with Crippen molar-refractivity contribution < 1.29 is 33.0 Å². The van der Waals surface area contributed by atoms with Crippen LogP contribution >= 0.6 is 35.0 Å². The molecule has 0 saturated heterocycles. The summed E-state index contributed by atoms with van der Waals surface area (Å²) in [5.74, 6) is 0.709. The number of carbonyl (C=O) groups excluding carboxylic acids is 2. The third-order valence-corrected chi connectivity index (χ3v) is 5.42. The molecule has 0 radical (unpaired) electrons. The molecule has 0 unspecified atom stereocenters. The largest absolute Gasteiger partial charge is 0.513 e. The molecule has 0 fully saturated rings. The molecule has 190 valence electrons. The molecule has 14 heteroatoms. The number of hydrogen-bond acceptors (Lipinski definition) is 11. The molecule has 3 rings (SSSR count). The van der Waals surface area contributed by atoms with E-state index < -0.39 is 12.1 Å². The standard InChI is InChI=1S/C22H20Cl2N4O7S/c1-3-32-22(30)34-17-6-4-13(8-18(17)31-2)10-25-26-19(29)12-36-21-28-27-20(35-21)11-33-16-7-5-14(23)9-15(16)24/h4-10H,3,11-12H2,1-2H3,(H,26,29)/b25-10-. The minimum Gasteiger partial charge on any atom is -0.493 e. The van der Waals surface area contributed by atoms with Crippen molar-refractivity contribution >= 4 is 53.2 Å². The van der Waals surface area contributed by atoms with Gasteiger partial charge in [0.25, 0.3) is 17.0 Å². The van der Waals surface area contributed by atoms with Gasteiger partial charge in [-0.25, -0.2) is 10.2 Å². The van der Waals surface area contributed by atoms with Crippen LogP contribution in [0.15, 0.2) is 51.1 Å². The molecule has 0 bridgehead atoms. The first-order chi connectivity index (χ1) is 17.4. The summed E-state index contributed by atoms with van der Waals surface area (Å²) in [5, 5.41) is 12.7. The Morgan fingerprint density at radius 2 is 1.94 bits per heavy atom. The summed E-state index contributed by atoms with van der Waals surface area (Å²) in [7, 11) is 1.43. The number of thioether (sulfide) groups is 1. The molecule has 36 heavy (non-hydrogen) atoms. The second-order valence-electron chi connectivity index (χ2n) is 6.60. The van der Waals surface area contributed by atoms with Gasteiger partial charge < -0.3 is 23.4 Å². The van der Waals surface area contributed by atoms with Gasteiger partial charge in [-0.3, -0.25) is 4.79 Å². The minimum absolute atomic E-state index is 0.00150. The normalized spacial score (nSPS) is 10.8. The number of hydrazone groups is 1. The molecule has 0 aliphatic carbocycles. The molecule has 0 spiro atoms. The number of benzene rings is 2. The molecule has 0 aliphatic heterocycles. The first-order valence-electron chi connectivity index (χ1n) is 10.3. The van der Waals surface area contributed by atoms with Gasteiger partial charge in [0.1, 0.15) is 5.75 Å². The summed E-state index contributed by atoms with van der Waals surface area (Å²) in [5.41, 5.74) is 2.99. The second kappa shape index (κ2) is 13.6. The molecule has 1 N–H and O–H groups in total. The fourth-order valence-corrected chi connectivity index (χ4v) is 3.55. The van der Waals surface area contributed by atoms with Crippen molar-refractivity contribution in [3.8, 4) is 17.2 Å². The van der Waals surface area contributed by atoms with Gasteiger partial charge in [0.05, 0.1) is 30.7 Å². The van der Waals surface area contributed by atoms with Gasteiger partial charge in [0, 0.05) is 5.02 Å². The number of nitrogens with zero attached hydrogens (tertiary/aromatic N) is 3. The predicted octanol–water partition coefficient (Wildman–Crippen LogP) is 4.74. The van der Waals surface area contributed by atoms with Crippen LogP contribution in [0.3, 0.4) is 0 Å². The van der Waals surface area contributed by atoms with E-state index in [0.29, 0.717) is 27.1 Å². The van der Waals surface area contributed by atoms with Crippen molar-refractivity contribution in [1.29, 1.82) is 0 Å². The average Bonchev–Trinajstić information content (AvgIpc) is 3.31. The SMILES string of the molecule is CCOC(=O)Oc1ccc(/C=N\NC(=O)CSc2nnc(COc3ccc(Cl)cc3Cl)o2)cc1OC. The van der Waals surface area contributed by atoms with Gasteiger partial charge in [-0.05, 0) is 48.9 Å². The molecule has 0 atom stereocenters. The Bertz CT molecular complexity index is 1240. The van der Waals surface area contributed by atoms with Crippen molar-refractivity contribution in [1.82, 2.24) is 15.6 Å². The van der Waals surface area contributed by atoms with E-state index in [1.54, 1.807) is 37.3 Å². The summed E-state index contributed by atoms with van der Waals surface area (Å²) < 4.78 is 26.0. The third kappa shape index (κ3) is 8.33. The van der Waals surface area contributed by atoms with Gasteiger partial charge in [0.15, 0.2) is 18.1 Å². The van der Waals surface area contributed by atoms with E-state index >= 15 is 0 Å². The van der Waals surface area contributed by atoms with Crippen LogP contribution in [0.25, 0.3) is 0 Å². The van der Waals surface area contributed by atoms with Crippen molar-refractivity contribution in [3.63, 3.8) is 0 Å². The number of methoxy groups -OCH3 is 1. The van der Waals surface area contributed by atoms with E-state index in [0.717, 1.165) is 11.8 Å². The maximum absolute atomic E-state index is 12.1. The molecule has 0 saturated carbocycles. The average molecular weight is 555 g/mol. The lowest BCUT2D eigenvalue weighted by Gasteiger charge is -2.09. The highest BCUT2D eigenvalue weighted by Gasteiger charge is 2.12. The van der Waals surface area contributed by atoms with Crippen molar-refractivity contribution in [3.05, 3.63) is 57.9 Å². The van der Waals surface area contributed by atoms with Crippen LogP contribution in [0.1, 0.15) is 18.4 Å². The number of halogens is 2. The van der Waals surface area contributed by atoms with Crippen LogP contribution in [-0.4, -0.2) is 47.9 Å². The van der Waals surface area contributed by atoms with Crippen LogP contribution in [0.4, 0.5) is 4.79 Å². The van der Waals surface area contributed by atoms with Crippen molar-refractivity contribution in [2.45, 2.75) is 18.8 Å². The van der Waals surface area contributed by atoms with Crippen LogP contribution < -0.4 is 19.6 Å². The fraction of sp³-hybridized carbons (Fsp3) is 0.227. The van der Waals surface area contributed by atoms with Crippen molar-refractivity contribution in [2.24, 2.45) is 5.10 Å². The molecule has 2 aromatic carbocycles. The van der Waals surface area contributed by atoms with Crippen LogP contribution in [-0.2, 0) is 16.1 Å². The first-order valence-corrected chi connectivity index (χ1v) is 12.0. The maximum atomic E-state index is 12.1. The minimum atomic E-state index is -0.839. The molecule has 11 nitrogen and oxygen atoms in total. The number of rotatable bonds is 11. The zero-order chi connectivity index (χ0) is 25.9. The lowest BCUT2D eigenvalue weighted by molar-refractivity contribution is -0.118. The van der Waals surface area contributed by atoms with Gasteiger partial charge in [-0.15, -0.1) is 10.2 Å². The Kier molecular flexibility index (Phi) is 10.2. The number of amides is 1. The van der Waals surface area contributed by atoms with E-state index in [1.165, 1.54) is 19.4 Å². The topological polar surface area (TPSA) is 134 Å². The Balaban J connectivity index is 1.44. The molecule has 1 heterocycles. The number of ether oxygens (including phenoxy) is 4. The van der Waals surface area contributed by atoms with E-state index in [2.05, 4.69) is 20.7 Å². The zero-order valence-corrected chi connectivity index (χ0v) is 21.4. The molecular weight excluding hydrogens is 535 g/mol. The third-order valence-electron chi connectivity index (χ3n) is 4.07. The number of hydrogen-bond donors (Lipinski definition) is 1. The van der Waals surface area contributed by atoms with Crippen molar-refractivity contribution in [2.75, 3.05) is 19.5 Å². The van der Waals surface area contributed by atoms with Crippen LogP contribution in [0.2, 0.25) is 10.0 Å². The van der Waals surface area contributed by atoms with Gasteiger partial charge in [0.2, 0.25) is 0 Å². The molecule has 3 aromatic rings. The summed E-state index contributed by atoms with van der Waals surface area (Å²) in [6.07, 6.45) is 0.567. The van der Waals surface area contributed by atoms with Gasteiger partial charge in [-0.1, -0.05) is 35.0 Å². The van der Waals surface area contributed by atoms with E-state index in [9.17, 15) is 9.59 Å². The lowest BCUT2D eigenvalue weighted by Crippen LogP contribution is -2.19.